The van der Waals surface area contributed by atoms with E-state index in [0.29, 0.717) is 23.6 Å². The van der Waals surface area contributed by atoms with Gasteiger partial charge in [0.25, 0.3) is 5.91 Å². The fourth-order valence-corrected chi connectivity index (χ4v) is 4.91. The first-order chi connectivity index (χ1) is 16.0. The lowest BCUT2D eigenvalue weighted by Gasteiger charge is -2.16. The van der Waals surface area contributed by atoms with Gasteiger partial charge in [-0.15, -0.1) is 0 Å². The van der Waals surface area contributed by atoms with Crippen LogP contribution in [0.5, 0.6) is 0 Å². The summed E-state index contributed by atoms with van der Waals surface area (Å²) in [5.74, 6) is 0.408. The highest BCUT2D eigenvalue weighted by Gasteiger charge is 2.25. The second kappa shape index (κ2) is 8.73. The SMILES string of the molecule is Cc1ccc(NC(=O)c2ccc(N3CCN(C)S3=O)cc2)cc1-c1ncc2ccccc2n1. The van der Waals surface area contributed by atoms with Crippen molar-refractivity contribution in [1.82, 2.24) is 14.3 Å². The molecule has 5 rings (SSSR count). The molecule has 0 aliphatic carbocycles. The fraction of sp³-hybridized carbons (Fsp3) is 0.160. The Morgan fingerprint density at radius 3 is 2.58 bits per heavy atom. The number of nitrogens with one attached hydrogen (secondary N) is 1. The lowest BCUT2D eigenvalue weighted by molar-refractivity contribution is 0.102. The highest BCUT2D eigenvalue weighted by atomic mass is 32.2. The van der Waals surface area contributed by atoms with Crippen LogP contribution >= 0.6 is 0 Å². The van der Waals surface area contributed by atoms with Gasteiger partial charge in [-0.25, -0.2) is 18.5 Å². The molecular formula is C25H23N5O2S. The van der Waals surface area contributed by atoms with Gasteiger partial charge in [0.1, 0.15) is 0 Å². The Labute approximate surface area is 194 Å². The van der Waals surface area contributed by atoms with Crippen molar-refractivity contribution < 1.29 is 9.00 Å². The van der Waals surface area contributed by atoms with Crippen LogP contribution in [0, 0.1) is 6.92 Å². The summed E-state index contributed by atoms with van der Waals surface area (Å²) >= 11 is -1.18. The summed E-state index contributed by atoms with van der Waals surface area (Å²) < 4.78 is 15.9. The maximum absolute atomic E-state index is 12.8. The highest BCUT2D eigenvalue weighted by molar-refractivity contribution is 7.84. The smallest absolute Gasteiger partial charge is 0.255 e. The molecule has 4 aromatic rings. The first-order valence-electron chi connectivity index (χ1n) is 10.6. The van der Waals surface area contributed by atoms with Crippen LogP contribution < -0.4 is 9.62 Å². The van der Waals surface area contributed by atoms with E-state index in [9.17, 15) is 9.00 Å². The van der Waals surface area contributed by atoms with Gasteiger partial charge < -0.3 is 5.32 Å². The molecule has 1 aliphatic heterocycles. The van der Waals surface area contributed by atoms with Crippen molar-refractivity contribution in [2.24, 2.45) is 0 Å². The molecule has 3 aromatic carbocycles. The van der Waals surface area contributed by atoms with Gasteiger partial charge in [-0.3, -0.25) is 9.10 Å². The van der Waals surface area contributed by atoms with Crippen LogP contribution in [0.15, 0.2) is 72.9 Å². The summed E-state index contributed by atoms with van der Waals surface area (Å²) in [6.07, 6.45) is 1.81. The normalized spacial score (nSPS) is 16.3. The molecule has 0 bridgehead atoms. The lowest BCUT2D eigenvalue weighted by atomic mass is 10.1. The van der Waals surface area contributed by atoms with Crippen LogP contribution in [0.3, 0.4) is 0 Å². The van der Waals surface area contributed by atoms with Crippen LogP contribution in [-0.4, -0.2) is 44.5 Å². The van der Waals surface area contributed by atoms with Crippen LogP contribution in [-0.2, 0) is 11.2 Å². The van der Waals surface area contributed by atoms with Gasteiger partial charge in [-0.1, -0.05) is 24.3 Å². The maximum Gasteiger partial charge on any atom is 0.255 e. The number of aromatic nitrogens is 2. The van der Waals surface area contributed by atoms with E-state index in [0.717, 1.165) is 34.3 Å². The summed E-state index contributed by atoms with van der Waals surface area (Å²) in [6.45, 7) is 3.43. The molecule has 33 heavy (non-hydrogen) atoms. The van der Waals surface area contributed by atoms with Crippen LogP contribution in [0.1, 0.15) is 15.9 Å². The number of rotatable bonds is 4. The Morgan fingerprint density at radius 1 is 1.03 bits per heavy atom. The molecule has 1 atom stereocenters. The number of anilines is 2. The van der Waals surface area contributed by atoms with Crippen LogP contribution in [0.25, 0.3) is 22.3 Å². The van der Waals surface area contributed by atoms with E-state index in [4.69, 9.17) is 0 Å². The van der Waals surface area contributed by atoms with Crippen molar-refractivity contribution in [3.63, 3.8) is 0 Å². The second-order valence-electron chi connectivity index (χ2n) is 7.97. The van der Waals surface area contributed by atoms with Gasteiger partial charge in [0.15, 0.2) is 17.0 Å². The summed E-state index contributed by atoms with van der Waals surface area (Å²) in [5, 5.41) is 3.94. The molecule has 7 nitrogen and oxygen atoms in total. The van der Waals surface area contributed by atoms with Gasteiger partial charge in [-0.2, -0.15) is 0 Å². The van der Waals surface area contributed by atoms with Crippen LogP contribution in [0.2, 0.25) is 0 Å². The summed E-state index contributed by atoms with van der Waals surface area (Å²) in [5.41, 5.74) is 4.80. The number of carbonyl (C=O) groups excluding carboxylic acids is 1. The third-order valence-corrected chi connectivity index (χ3v) is 7.20. The van der Waals surface area contributed by atoms with E-state index in [-0.39, 0.29) is 5.91 Å². The van der Waals surface area contributed by atoms with Crippen molar-refractivity contribution in [3.05, 3.63) is 84.1 Å². The van der Waals surface area contributed by atoms with E-state index in [2.05, 4.69) is 15.3 Å². The minimum atomic E-state index is -1.18. The number of hydrogen-bond acceptors (Lipinski definition) is 4. The molecule has 1 aliphatic rings. The fourth-order valence-electron chi connectivity index (χ4n) is 3.80. The molecule has 0 saturated carbocycles. The zero-order valence-electron chi connectivity index (χ0n) is 18.4. The number of para-hydroxylation sites is 1. The third-order valence-electron chi connectivity index (χ3n) is 5.72. The number of benzene rings is 3. The minimum absolute atomic E-state index is 0.213. The van der Waals surface area contributed by atoms with Gasteiger partial charge in [0.05, 0.1) is 11.2 Å². The number of amides is 1. The summed E-state index contributed by atoms with van der Waals surface area (Å²) in [4.78, 5) is 22.1. The van der Waals surface area contributed by atoms with Crippen molar-refractivity contribution in [2.75, 3.05) is 29.8 Å². The van der Waals surface area contributed by atoms with E-state index in [1.54, 1.807) is 16.4 Å². The first kappa shape index (κ1) is 21.2. The quantitative estimate of drug-likeness (QED) is 0.499. The molecule has 2 heterocycles. The third kappa shape index (κ3) is 4.22. The van der Waals surface area contributed by atoms with Gasteiger partial charge in [0, 0.05) is 48.5 Å². The lowest BCUT2D eigenvalue weighted by Crippen LogP contribution is -2.23. The summed E-state index contributed by atoms with van der Waals surface area (Å²) in [6, 6.07) is 20.7. The standard InChI is InChI=1S/C25H23N5O2S/c1-17-7-10-20(15-22(17)24-26-16-19-5-3-4-6-23(19)28-24)27-25(31)18-8-11-21(12-9-18)30-14-13-29(2)33(30)32/h3-12,15-16H,13-14H2,1-2H3,(H,27,31). The largest absolute Gasteiger partial charge is 0.322 e. The Kier molecular flexibility index (Phi) is 5.62. The van der Waals surface area contributed by atoms with E-state index >= 15 is 0 Å². The van der Waals surface area contributed by atoms with E-state index in [1.807, 2.05) is 79.1 Å². The highest BCUT2D eigenvalue weighted by Crippen LogP contribution is 2.26. The maximum atomic E-state index is 12.8. The van der Waals surface area contributed by atoms with Crippen molar-refractivity contribution >= 4 is 39.4 Å². The van der Waals surface area contributed by atoms with Crippen molar-refractivity contribution in [2.45, 2.75) is 6.92 Å². The number of carbonyl (C=O) groups is 1. The molecule has 1 N–H and O–H groups in total. The molecule has 1 saturated heterocycles. The van der Waals surface area contributed by atoms with Gasteiger partial charge in [0.2, 0.25) is 0 Å². The molecular weight excluding hydrogens is 434 g/mol. The molecule has 1 unspecified atom stereocenters. The second-order valence-corrected chi connectivity index (χ2v) is 9.49. The Balaban J connectivity index is 1.36. The average Bonchev–Trinajstić information content (AvgIpc) is 3.18. The number of aryl methyl sites for hydroxylation is 1. The average molecular weight is 458 g/mol. The summed E-state index contributed by atoms with van der Waals surface area (Å²) in [7, 11) is 1.83. The molecule has 1 aromatic heterocycles. The molecule has 8 heteroatoms. The van der Waals surface area contributed by atoms with Crippen molar-refractivity contribution in [1.29, 1.82) is 0 Å². The van der Waals surface area contributed by atoms with Gasteiger partial charge in [-0.05, 0) is 55.0 Å². The molecule has 0 spiro atoms. The topological polar surface area (TPSA) is 78.4 Å². The number of fused-ring (bicyclic) bond motifs is 1. The molecule has 1 amide bonds. The number of nitrogens with zero attached hydrogens (tertiary/aromatic N) is 4. The zero-order chi connectivity index (χ0) is 22.9. The molecule has 0 radical (unpaired) electrons. The van der Waals surface area contributed by atoms with Crippen LogP contribution in [0.4, 0.5) is 11.4 Å². The predicted molar refractivity (Wildman–Crippen MR) is 132 cm³/mol. The Morgan fingerprint density at radius 2 is 1.82 bits per heavy atom. The Hall–Kier alpha value is -3.62. The first-order valence-corrected chi connectivity index (χ1v) is 11.7. The minimum Gasteiger partial charge on any atom is -0.322 e. The van der Waals surface area contributed by atoms with Gasteiger partial charge >= 0.3 is 0 Å². The Bertz CT molecular complexity index is 1370. The molecule has 1 fully saturated rings. The zero-order valence-corrected chi connectivity index (χ0v) is 19.2. The monoisotopic (exact) mass is 457 g/mol. The van der Waals surface area contributed by atoms with Crippen molar-refractivity contribution in [3.8, 4) is 11.4 Å². The number of hydrogen-bond donors (Lipinski definition) is 1. The predicted octanol–water partition coefficient (Wildman–Crippen LogP) is 4.19. The van der Waals surface area contributed by atoms with E-state index < -0.39 is 11.2 Å². The molecule has 166 valence electrons. The number of likely N-dealkylation sites (N-methyl/N-ethyl adjacent to an activating group) is 1. The van der Waals surface area contributed by atoms with E-state index in [1.165, 1.54) is 0 Å².